The normalized spacial score (nSPS) is 19.1. The van der Waals surface area contributed by atoms with Crippen LogP contribution in [0.3, 0.4) is 0 Å². The number of hydrogen-bond donors (Lipinski definition) is 0. The van der Waals surface area contributed by atoms with Crippen LogP contribution in [0.1, 0.15) is 17.3 Å². The Morgan fingerprint density at radius 1 is 0.800 bits per heavy atom. The minimum atomic E-state index is -2.43. The van der Waals surface area contributed by atoms with E-state index in [2.05, 4.69) is 0 Å². The van der Waals surface area contributed by atoms with Gasteiger partial charge in [0.15, 0.2) is 29.4 Å². The zero-order valence-electron chi connectivity index (χ0n) is 6.85. The Hall–Kier alpha value is -1.46. The fourth-order valence-corrected chi connectivity index (χ4v) is 1.36. The van der Waals surface area contributed by atoms with Crippen LogP contribution in [0.5, 0.6) is 0 Å². The van der Waals surface area contributed by atoms with E-state index in [-0.39, 0.29) is 0 Å². The van der Waals surface area contributed by atoms with E-state index in [1.165, 1.54) is 6.08 Å². The maximum atomic E-state index is 12.9. The van der Waals surface area contributed by atoms with E-state index in [9.17, 15) is 26.3 Å². The van der Waals surface area contributed by atoms with E-state index in [1.54, 1.807) is 0 Å². The van der Waals surface area contributed by atoms with Gasteiger partial charge < -0.3 is 0 Å². The largest absolute Gasteiger partial charge is 0.237 e. The molecule has 0 saturated carbocycles. The first-order valence-corrected chi connectivity index (χ1v) is 3.74. The summed E-state index contributed by atoms with van der Waals surface area (Å²) in [5.74, 6) is -9.78. The van der Waals surface area contributed by atoms with Gasteiger partial charge in [-0.2, -0.15) is 0 Å². The Labute approximate surface area is 79.8 Å². The highest BCUT2D eigenvalue weighted by atomic mass is 19.2. The van der Waals surface area contributed by atoms with Crippen molar-refractivity contribution in [2.24, 2.45) is 0 Å². The molecule has 1 atom stereocenters. The van der Waals surface area contributed by atoms with Crippen LogP contribution in [0.4, 0.5) is 26.3 Å². The average molecular weight is 223 g/mol. The fourth-order valence-electron chi connectivity index (χ4n) is 1.36. The molecule has 1 aromatic carbocycles. The van der Waals surface area contributed by atoms with Gasteiger partial charge >= 0.3 is 0 Å². The van der Waals surface area contributed by atoms with E-state index in [1.807, 2.05) is 0 Å². The third-order valence-corrected chi connectivity index (χ3v) is 2.03. The maximum absolute atomic E-state index is 12.9. The van der Waals surface area contributed by atoms with Gasteiger partial charge in [-0.3, -0.25) is 0 Å². The Bertz CT molecular complexity index is 476. The molecule has 1 aliphatic carbocycles. The quantitative estimate of drug-likeness (QED) is 0.359. The van der Waals surface area contributed by atoms with Crippen LogP contribution in [0.25, 0.3) is 5.83 Å². The van der Waals surface area contributed by atoms with Crippen molar-refractivity contribution in [3.63, 3.8) is 0 Å². The van der Waals surface area contributed by atoms with Gasteiger partial charge in [0, 0.05) is 11.6 Å². The van der Waals surface area contributed by atoms with Gasteiger partial charge in [-0.1, -0.05) is 0 Å². The molecule has 0 spiro atoms. The lowest BCUT2D eigenvalue weighted by atomic mass is 10.1. The lowest BCUT2D eigenvalue weighted by molar-refractivity contribution is 0.363. The van der Waals surface area contributed by atoms with Gasteiger partial charge in [-0.15, -0.1) is 0 Å². The molecule has 0 saturated heterocycles. The molecule has 2 rings (SSSR count). The second-order valence-electron chi connectivity index (χ2n) is 2.87. The minimum absolute atomic E-state index is 1.19. The van der Waals surface area contributed by atoms with E-state index >= 15 is 0 Å². The summed E-state index contributed by atoms with van der Waals surface area (Å²) in [5, 5.41) is 0. The van der Waals surface area contributed by atoms with Crippen LogP contribution in [0.15, 0.2) is 0 Å². The molecule has 1 aliphatic rings. The van der Waals surface area contributed by atoms with E-state index in [0.717, 1.165) is 0 Å². The molecule has 1 aromatic rings. The van der Waals surface area contributed by atoms with Gasteiger partial charge in [0.1, 0.15) is 5.83 Å². The van der Waals surface area contributed by atoms with Crippen molar-refractivity contribution in [2.75, 3.05) is 0 Å². The summed E-state index contributed by atoms with van der Waals surface area (Å²) >= 11 is 0. The molecular formula is C9HF6. The van der Waals surface area contributed by atoms with Crippen molar-refractivity contribution in [1.29, 1.82) is 0 Å². The molecule has 0 bridgehead atoms. The Morgan fingerprint density at radius 2 is 1.33 bits per heavy atom. The predicted octanol–water partition coefficient (Wildman–Crippen LogP) is 3.38. The molecule has 0 amide bonds. The number of benzene rings is 1. The van der Waals surface area contributed by atoms with Crippen molar-refractivity contribution in [1.82, 2.24) is 0 Å². The summed E-state index contributed by atoms with van der Waals surface area (Å²) in [5.41, 5.74) is -2.43. The summed E-state index contributed by atoms with van der Waals surface area (Å²) < 4.78 is 76.7. The molecule has 0 aromatic heterocycles. The van der Waals surface area contributed by atoms with Gasteiger partial charge in [0.2, 0.25) is 0 Å². The van der Waals surface area contributed by atoms with E-state index in [4.69, 9.17) is 0 Å². The molecule has 79 valence electrons. The molecule has 15 heavy (non-hydrogen) atoms. The van der Waals surface area contributed by atoms with Gasteiger partial charge in [-0.25, -0.2) is 26.3 Å². The lowest BCUT2D eigenvalue weighted by Gasteiger charge is -2.07. The smallest absolute Gasteiger partial charge is 0.198 e. The van der Waals surface area contributed by atoms with E-state index < -0.39 is 46.4 Å². The summed E-state index contributed by atoms with van der Waals surface area (Å²) in [4.78, 5) is 0. The number of hydrogen-bond acceptors (Lipinski definition) is 0. The van der Waals surface area contributed by atoms with Gasteiger partial charge in [0.25, 0.3) is 0 Å². The molecule has 1 radical (unpaired) electrons. The molecular weight excluding hydrogens is 222 g/mol. The van der Waals surface area contributed by atoms with Gasteiger partial charge in [0.05, 0.1) is 5.56 Å². The van der Waals surface area contributed by atoms with Crippen LogP contribution in [0.2, 0.25) is 0 Å². The number of fused-ring (bicyclic) bond motifs is 1. The first-order chi connectivity index (χ1) is 6.95. The summed E-state index contributed by atoms with van der Waals surface area (Å²) in [6, 6.07) is 0. The lowest BCUT2D eigenvalue weighted by Crippen LogP contribution is -2.05. The number of allylic oxidation sites excluding steroid dienone is 1. The van der Waals surface area contributed by atoms with Crippen molar-refractivity contribution >= 4 is 5.83 Å². The molecule has 0 fully saturated rings. The summed E-state index contributed by atoms with van der Waals surface area (Å²) in [6.45, 7) is 0. The van der Waals surface area contributed by atoms with Crippen molar-refractivity contribution in [3.05, 3.63) is 40.5 Å². The van der Waals surface area contributed by atoms with Gasteiger partial charge in [-0.05, 0) is 0 Å². The second-order valence-corrected chi connectivity index (χ2v) is 2.87. The van der Waals surface area contributed by atoms with E-state index in [0.29, 0.717) is 0 Å². The van der Waals surface area contributed by atoms with Crippen LogP contribution >= 0.6 is 0 Å². The molecule has 6 heteroatoms. The first-order valence-electron chi connectivity index (χ1n) is 3.74. The first kappa shape index (κ1) is 10.1. The van der Waals surface area contributed by atoms with Crippen molar-refractivity contribution < 1.29 is 26.3 Å². The highest BCUT2D eigenvalue weighted by molar-refractivity contribution is 5.67. The standard InChI is InChI=1S/C9HF6/c10-2-1-3(11)5-4(2)6(12)8(14)9(15)7(5)13/h2H. The highest BCUT2D eigenvalue weighted by Gasteiger charge is 2.35. The predicted molar refractivity (Wildman–Crippen MR) is 37.9 cm³/mol. The number of alkyl halides is 1. The van der Waals surface area contributed by atoms with Crippen molar-refractivity contribution in [3.8, 4) is 0 Å². The zero-order chi connectivity index (χ0) is 11.3. The topological polar surface area (TPSA) is 0 Å². The zero-order valence-corrected chi connectivity index (χ0v) is 6.85. The highest BCUT2D eigenvalue weighted by Crippen LogP contribution is 2.41. The number of halogens is 6. The summed E-state index contributed by atoms with van der Waals surface area (Å²) in [6.07, 6.45) is -1.04. The van der Waals surface area contributed by atoms with Crippen LogP contribution in [0, 0.1) is 29.3 Å². The molecule has 0 heterocycles. The molecule has 0 aliphatic heterocycles. The summed E-state index contributed by atoms with van der Waals surface area (Å²) in [7, 11) is 0. The fraction of sp³-hybridized carbons (Fsp3) is 0.111. The van der Waals surface area contributed by atoms with Crippen LogP contribution in [-0.4, -0.2) is 0 Å². The average Bonchev–Trinajstić information content (AvgIpc) is 2.47. The monoisotopic (exact) mass is 223 g/mol. The second kappa shape index (κ2) is 3.01. The van der Waals surface area contributed by atoms with Crippen LogP contribution < -0.4 is 0 Å². The van der Waals surface area contributed by atoms with Crippen molar-refractivity contribution in [2.45, 2.75) is 6.17 Å². The third kappa shape index (κ3) is 1.17. The third-order valence-electron chi connectivity index (χ3n) is 2.03. The Balaban J connectivity index is 2.86. The van der Waals surface area contributed by atoms with Crippen LogP contribution in [-0.2, 0) is 0 Å². The molecule has 0 N–H and O–H groups in total. The minimum Gasteiger partial charge on any atom is -0.237 e. The molecule has 0 nitrogen and oxygen atoms in total. The Kier molecular flexibility index (Phi) is 2.02. The maximum Gasteiger partial charge on any atom is 0.198 e. The molecule has 1 unspecified atom stereocenters. The Morgan fingerprint density at radius 3 is 1.93 bits per heavy atom. The SMILES string of the molecule is FC1=[C]C(F)c2c(F)c(F)c(F)c(F)c21. The number of rotatable bonds is 0.